The minimum atomic E-state index is 0.691. The first-order valence-corrected chi connectivity index (χ1v) is 7.68. The number of nitrogens with zero attached hydrogens (tertiary/aromatic N) is 2. The van der Waals surface area contributed by atoms with Gasteiger partial charge in [0.05, 0.1) is 11.0 Å². The molecule has 0 atom stereocenters. The average molecular weight is 278 g/mol. The maximum Gasteiger partial charge on any atom is 0.141 e. The molecule has 1 heterocycles. The number of aromatic nitrogens is 2. The Morgan fingerprint density at radius 1 is 1.00 bits per heavy atom. The third-order valence-corrected chi connectivity index (χ3v) is 3.97. The summed E-state index contributed by atoms with van der Waals surface area (Å²) < 4.78 is 2.37. The van der Waals surface area contributed by atoms with Gasteiger partial charge in [-0.3, -0.25) is 0 Å². The molecule has 0 N–H and O–H groups in total. The number of benzene rings is 2. The van der Waals surface area contributed by atoms with Gasteiger partial charge < -0.3 is 4.57 Å². The van der Waals surface area contributed by atoms with Crippen LogP contribution in [0.3, 0.4) is 0 Å². The van der Waals surface area contributed by atoms with E-state index in [4.69, 9.17) is 4.98 Å². The highest BCUT2D eigenvalue weighted by molar-refractivity contribution is 5.81. The van der Waals surface area contributed by atoms with Gasteiger partial charge in [0.25, 0.3) is 0 Å². The van der Waals surface area contributed by atoms with Crippen molar-refractivity contribution < 1.29 is 0 Å². The monoisotopic (exact) mass is 278 g/mol. The molecule has 0 radical (unpaired) electrons. The predicted molar refractivity (Wildman–Crippen MR) is 89.4 cm³/mol. The Morgan fingerprint density at radius 3 is 2.48 bits per heavy atom. The average Bonchev–Trinajstić information content (AvgIpc) is 2.84. The molecule has 3 rings (SSSR count). The molecule has 2 heteroatoms. The zero-order chi connectivity index (χ0) is 14.8. The van der Waals surface area contributed by atoms with Crippen LogP contribution in [0.1, 0.15) is 25.8 Å². The van der Waals surface area contributed by atoms with E-state index in [1.807, 2.05) is 0 Å². The summed E-state index contributed by atoms with van der Waals surface area (Å²) in [4.78, 5) is 4.88. The molecule has 21 heavy (non-hydrogen) atoms. The molecule has 0 bridgehead atoms. The van der Waals surface area contributed by atoms with Crippen molar-refractivity contribution in [1.29, 1.82) is 0 Å². The Labute approximate surface area is 126 Å². The van der Waals surface area contributed by atoms with E-state index in [0.29, 0.717) is 5.92 Å². The number of rotatable bonds is 4. The van der Waals surface area contributed by atoms with E-state index in [9.17, 15) is 0 Å². The Balaban J connectivity index is 2.17. The van der Waals surface area contributed by atoms with Crippen LogP contribution in [0.15, 0.2) is 48.5 Å². The lowest BCUT2D eigenvalue weighted by Crippen LogP contribution is -2.04. The molecule has 0 fully saturated rings. The van der Waals surface area contributed by atoms with Crippen molar-refractivity contribution in [3.05, 3.63) is 54.1 Å². The van der Waals surface area contributed by atoms with E-state index < -0.39 is 0 Å². The summed E-state index contributed by atoms with van der Waals surface area (Å²) in [6, 6.07) is 16.9. The molecule has 3 aromatic rings. The zero-order valence-electron chi connectivity index (χ0n) is 13.0. The van der Waals surface area contributed by atoms with Crippen LogP contribution in [0.5, 0.6) is 0 Å². The van der Waals surface area contributed by atoms with Gasteiger partial charge in [-0.2, -0.15) is 0 Å². The van der Waals surface area contributed by atoms with Gasteiger partial charge in [0.2, 0.25) is 0 Å². The van der Waals surface area contributed by atoms with Crippen molar-refractivity contribution in [1.82, 2.24) is 9.55 Å². The summed E-state index contributed by atoms with van der Waals surface area (Å²) in [7, 11) is 0. The van der Waals surface area contributed by atoms with Crippen LogP contribution in [-0.2, 0) is 6.54 Å². The molecule has 0 unspecified atom stereocenters. The lowest BCUT2D eigenvalue weighted by atomic mass is 10.1. The van der Waals surface area contributed by atoms with E-state index in [1.54, 1.807) is 0 Å². The summed E-state index contributed by atoms with van der Waals surface area (Å²) in [5.74, 6) is 1.78. The molecule has 0 aliphatic rings. The van der Waals surface area contributed by atoms with Gasteiger partial charge in [0, 0.05) is 12.1 Å². The molecular weight excluding hydrogens is 256 g/mol. The summed E-state index contributed by atoms with van der Waals surface area (Å²) in [5.41, 5.74) is 4.83. The fourth-order valence-electron chi connectivity index (χ4n) is 2.72. The second-order valence-electron chi connectivity index (χ2n) is 6.07. The number of imidazole rings is 1. The molecule has 0 saturated heterocycles. The number of para-hydroxylation sites is 2. The molecule has 0 spiro atoms. The molecule has 0 amide bonds. The topological polar surface area (TPSA) is 17.8 Å². The second kappa shape index (κ2) is 5.72. The highest BCUT2D eigenvalue weighted by atomic mass is 15.1. The van der Waals surface area contributed by atoms with Crippen LogP contribution in [0.2, 0.25) is 0 Å². The van der Waals surface area contributed by atoms with Gasteiger partial charge in [0.15, 0.2) is 0 Å². The van der Waals surface area contributed by atoms with Gasteiger partial charge in [-0.25, -0.2) is 4.98 Å². The number of hydrogen-bond acceptors (Lipinski definition) is 1. The van der Waals surface area contributed by atoms with Gasteiger partial charge in [0.1, 0.15) is 5.82 Å². The molecular formula is C19H22N2. The maximum atomic E-state index is 4.88. The van der Waals surface area contributed by atoms with Crippen LogP contribution in [-0.4, -0.2) is 9.55 Å². The predicted octanol–water partition coefficient (Wildman–Crippen LogP) is 5.06. The van der Waals surface area contributed by atoms with Gasteiger partial charge in [-0.1, -0.05) is 50.2 Å². The zero-order valence-corrected chi connectivity index (χ0v) is 13.0. The minimum absolute atomic E-state index is 0.691. The van der Waals surface area contributed by atoms with E-state index in [-0.39, 0.29) is 0 Å². The Morgan fingerprint density at radius 2 is 1.71 bits per heavy atom. The lowest BCUT2D eigenvalue weighted by Gasteiger charge is -2.12. The van der Waals surface area contributed by atoms with E-state index in [2.05, 4.69) is 73.9 Å². The van der Waals surface area contributed by atoms with E-state index in [1.165, 1.54) is 23.1 Å². The fraction of sp³-hybridized carbons (Fsp3) is 0.316. The van der Waals surface area contributed by atoms with Gasteiger partial charge >= 0.3 is 0 Å². The van der Waals surface area contributed by atoms with E-state index >= 15 is 0 Å². The van der Waals surface area contributed by atoms with Crippen LogP contribution < -0.4 is 0 Å². The normalized spacial score (nSPS) is 11.4. The van der Waals surface area contributed by atoms with Crippen molar-refractivity contribution in [2.45, 2.75) is 33.7 Å². The van der Waals surface area contributed by atoms with Crippen molar-refractivity contribution in [3.63, 3.8) is 0 Å². The van der Waals surface area contributed by atoms with Crippen LogP contribution in [0.4, 0.5) is 0 Å². The smallest absolute Gasteiger partial charge is 0.141 e. The quantitative estimate of drug-likeness (QED) is 0.652. The van der Waals surface area contributed by atoms with Gasteiger partial charge in [-0.15, -0.1) is 0 Å². The van der Waals surface area contributed by atoms with Crippen LogP contribution in [0, 0.1) is 12.8 Å². The number of fused-ring (bicyclic) bond motifs is 1. The summed E-state index contributed by atoms with van der Waals surface area (Å²) in [6.45, 7) is 7.71. The summed E-state index contributed by atoms with van der Waals surface area (Å²) in [5, 5.41) is 0. The van der Waals surface area contributed by atoms with Crippen LogP contribution in [0.25, 0.3) is 22.4 Å². The van der Waals surface area contributed by atoms with Crippen molar-refractivity contribution in [2.24, 2.45) is 5.92 Å². The Kier molecular flexibility index (Phi) is 3.78. The van der Waals surface area contributed by atoms with Crippen molar-refractivity contribution in [2.75, 3.05) is 0 Å². The van der Waals surface area contributed by atoms with E-state index in [0.717, 1.165) is 17.9 Å². The molecule has 108 valence electrons. The molecule has 0 aliphatic carbocycles. The van der Waals surface area contributed by atoms with Crippen molar-refractivity contribution >= 4 is 11.0 Å². The molecule has 2 nitrogen and oxygen atoms in total. The molecule has 0 saturated carbocycles. The maximum absolute atomic E-state index is 4.88. The fourth-order valence-corrected chi connectivity index (χ4v) is 2.72. The summed E-state index contributed by atoms with van der Waals surface area (Å²) >= 11 is 0. The van der Waals surface area contributed by atoms with Crippen molar-refractivity contribution in [3.8, 4) is 11.4 Å². The Bertz CT molecular complexity index is 753. The highest BCUT2D eigenvalue weighted by Gasteiger charge is 2.13. The van der Waals surface area contributed by atoms with Gasteiger partial charge in [-0.05, 0) is 37.0 Å². The first kappa shape index (κ1) is 13.9. The summed E-state index contributed by atoms with van der Waals surface area (Å²) in [6.07, 6.45) is 1.17. The third kappa shape index (κ3) is 2.71. The first-order chi connectivity index (χ1) is 10.2. The number of hydrogen-bond donors (Lipinski definition) is 0. The third-order valence-electron chi connectivity index (χ3n) is 3.97. The van der Waals surface area contributed by atoms with Crippen LogP contribution >= 0.6 is 0 Å². The minimum Gasteiger partial charge on any atom is -0.324 e. The molecule has 2 aromatic carbocycles. The highest BCUT2D eigenvalue weighted by Crippen LogP contribution is 2.27. The number of aryl methyl sites for hydroxylation is 2. The second-order valence-corrected chi connectivity index (χ2v) is 6.07. The lowest BCUT2D eigenvalue weighted by molar-refractivity contribution is 0.525. The molecule has 0 aliphatic heterocycles. The standard InChI is InChI=1S/C19H22N2/c1-14(2)12-13-21-18-11-7-6-10-17(18)20-19(21)16-9-5-4-8-15(16)3/h4-11,14H,12-13H2,1-3H3. The SMILES string of the molecule is Cc1ccccc1-c1nc2ccccc2n1CCC(C)C. The molecule has 1 aromatic heterocycles. The largest absolute Gasteiger partial charge is 0.324 e. The Hall–Kier alpha value is -2.09. The first-order valence-electron chi connectivity index (χ1n) is 7.68.